The molecule has 2 rings (SSSR count). The van der Waals surface area contributed by atoms with E-state index in [1.807, 2.05) is 32.0 Å². The van der Waals surface area contributed by atoms with Crippen LogP contribution in [0.25, 0.3) is 0 Å². The van der Waals surface area contributed by atoms with Crippen LogP contribution in [0.3, 0.4) is 0 Å². The van der Waals surface area contributed by atoms with Gasteiger partial charge in [-0.05, 0) is 47.0 Å². The van der Waals surface area contributed by atoms with E-state index >= 15 is 0 Å². The minimum absolute atomic E-state index is 0.160. The lowest BCUT2D eigenvalue weighted by atomic mass is 10.1. The number of ether oxygens (including phenoxy) is 1. The molecule has 0 atom stereocenters. The highest BCUT2D eigenvalue weighted by Gasteiger charge is 2.12. The summed E-state index contributed by atoms with van der Waals surface area (Å²) in [7, 11) is 1.70. The maximum Gasteiger partial charge on any atom is 0.294 e. The number of pyridine rings is 1. The molecule has 0 N–H and O–H groups in total. The van der Waals surface area contributed by atoms with Gasteiger partial charge in [0.15, 0.2) is 0 Å². The van der Waals surface area contributed by atoms with Crippen molar-refractivity contribution in [2.24, 2.45) is 7.05 Å². The molecule has 4 heteroatoms. The van der Waals surface area contributed by atoms with Crippen LogP contribution in [-0.2, 0) is 7.05 Å². The van der Waals surface area contributed by atoms with Gasteiger partial charge in [0.05, 0.1) is 4.47 Å². The number of halogens is 1. The first-order valence-electron chi connectivity index (χ1n) is 5.60. The molecule has 0 aliphatic carbocycles. The van der Waals surface area contributed by atoms with Gasteiger partial charge in [-0.25, -0.2) is 0 Å². The van der Waals surface area contributed by atoms with Crippen LogP contribution >= 0.6 is 15.9 Å². The minimum Gasteiger partial charge on any atom is -0.450 e. The molecule has 0 aliphatic rings. The lowest BCUT2D eigenvalue weighted by molar-refractivity contribution is 0.459. The smallest absolute Gasteiger partial charge is 0.294 e. The van der Waals surface area contributed by atoms with Crippen LogP contribution in [0.5, 0.6) is 11.5 Å². The molecule has 2 aromatic rings. The zero-order chi connectivity index (χ0) is 13.3. The molecule has 0 saturated carbocycles. The summed E-state index contributed by atoms with van der Waals surface area (Å²) in [6, 6.07) is 7.69. The fourth-order valence-electron chi connectivity index (χ4n) is 1.74. The van der Waals surface area contributed by atoms with Gasteiger partial charge in [-0.3, -0.25) is 4.79 Å². The monoisotopic (exact) mass is 307 g/mol. The van der Waals surface area contributed by atoms with E-state index in [0.717, 1.165) is 16.9 Å². The average molecular weight is 308 g/mol. The minimum atomic E-state index is -0.160. The van der Waals surface area contributed by atoms with Crippen LogP contribution in [0.4, 0.5) is 0 Å². The summed E-state index contributed by atoms with van der Waals surface area (Å²) < 4.78 is 7.96. The average Bonchev–Trinajstić information content (AvgIpc) is 2.33. The van der Waals surface area contributed by atoms with Crippen molar-refractivity contribution in [1.29, 1.82) is 0 Å². The Hall–Kier alpha value is -1.55. The van der Waals surface area contributed by atoms with Crippen LogP contribution in [0.1, 0.15) is 11.1 Å². The standard InChI is InChI=1S/C14H14BrNO2/c1-9-5-4-6-10(2)12(9)18-13-11(15)7-8-16(3)14(13)17/h4-8H,1-3H3. The number of hydrogen-bond donors (Lipinski definition) is 0. The van der Waals surface area contributed by atoms with Gasteiger partial charge in [-0.2, -0.15) is 0 Å². The van der Waals surface area contributed by atoms with Crippen molar-refractivity contribution in [2.45, 2.75) is 13.8 Å². The van der Waals surface area contributed by atoms with Crippen LogP contribution in [0.2, 0.25) is 0 Å². The molecule has 1 aromatic carbocycles. The van der Waals surface area contributed by atoms with Crippen molar-refractivity contribution in [2.75, 3.05) is 0 Å². The number of hydrogen-bond acceptors (Lipinski definition) is 2. The van der Waals surface area contributed by atoms with Gasteiger partial charge in [0.25, 0.3) is 5.56 Å². The van der Waals surface area contributed by atoms with E-state index in [2.05, 4.69) is 15.9 Å². The molecule has 18 heavy (non-hydrogen) atoms. The maximum absolute atomic E-state index is 12.0. The van der Waals surface area contributed by atoms with Gasteiger partial charge >= 0.3 is 0 Å². The zero-order valence-electron chi connectivity index (χ0n) is 10.5. The van der Waals surface area contributed by atoms with E-state index in [0.29, 0.717) is 10.2 Å². The molecule has 1 heterocycles. The largest absolute Gasteiger partial charge is 0.450 e. The third kappa shape index (κ3) is 2.34. The number of aryl methyl sites for hydroxylation is 3. The summed E-state index contributed by atoms with van der Waals surface area (Å²) in [5, 5.41) is 0. The van der Waals surface area contributed by atoms with Gasteiger partial charge in [0.1, 0.15) is 5.75 Å². The number of rotatable bonds is 2. The molecule has 0 fully saturated rings. The van der Waals surface area contributed by atoms with E-state index in [-0.39, 0.29) is 5.56 Å². The van der Waals surface area contributed by atoms with Gasteiger partial charge in [0, 0.05) is 13.2 Å². The Labute approximate surface area is 114 Å². The van der Waals surface area contributed by atoms with Crippen molar-refractivity contribution < 1.29 is 4.74 Å². The zero-order valence-corrected chi connectivity index (χ0v) is 12.1. The first-order valence-corrected chi connectivity index (χ1v) is 6.39. The van der Waals surface area contributed by atoms with Crippen LogP contribution in [0, 0.1) is 13.8 Å². The Morgan fingerprint density at radius 2 is 1.72 bits per heavy atom. The molecular formula is C14H14BrNO2. The summed E-state index contributed by atoms with van der Waals surface area (Å²) in [5.41, 5.74) is 1.85. The highest BCUT2D eigenvalue weighted by atomic mass is 79.9. The molecule has 0 spiro atoms. The Bertz CT molecular complexity index is 626. The fourth-order valence-corrected chi connectivity index (χ4v) is 2.11. The summed E-state index contributed by atoms with van der Waals surface area (Å²) in [6.07, 6.45) is 1.70. The SMILES string of the molecule is Cc1cccc(C)c1Oc1c(Br)ccn(C)c1=O. The Balaban J connectivity index is 2.53. The third-order valence-corrected chi connectivity index (χ3v) is 3.41. The first kappa shape index (κ1) is 12.9. The highest BCUT2D eigenvalue weighted by molar-refractivity contribution is 9.10. The van der Waals surface area contributed by atoms with Gasteiger partial charge < -0.3 is 9.30 Å². The van der Waals surface area contributed by atoms with Gasteiger partial charge in [-0.15, -0.1) is 0 Å². The van der Waals surface area contributed by atoms with E-state index in [9.17, 15) is 4.79 Å². The van der Waals surface area contributed by atoms with Crippen molar-refractivity contribution in [3.05, 3.63) is 56.4 Å². The second-order valence-corrected chi connectivity index (χ2v) is 5.09. The van der Waals surface area contributed by atoms with Crippen LogP contribution in [-0.4, -0.2) is 4.57 Å². The van der Waals surface area contributed by atoms with Crippen LogP contribution < -0.4 is 10.3 Å². The van der Waals surface area contributed by atoms with Crippen molar-refractivity contribution in [1.82, 2.24) is 4.57 Å². The summed E-state index contributed by atoms with van der Waals surface area (Å²) >= 11 is 3.35. The predicted molar refractivity (Wildman–Crippen MR) is 75.4 cm³/mol. The lowest BCUT2D eigenvalue weighted by Crippen LogP contribution is -2.17. The molecule has 0 saturated heterocycles. The normalized spacial score (nSPS) is 10.4. The van der Waals surface area contributed by atoms with E-state index in [1.165, 1.54) is 4.57 Å². The van der Waals surface area contributed by atoms with Gasteiger partial charge in [-0.1, -0.05) is 18.2 Å². The Morgan fingerprint density at radius 3 is 2.33 bits per heavy atom. The van der Waals surface area contributed by atoms with Crippen LogP contribution in [0.15, 0.2) is 39.7 Å². The molecule has 94 valence electrons. The summed E-state index contributed by atoms with van der Waals surface area (Å²) in [6.45, 7) is 3.92. The Kier molecular flexibility index (Phi) is 3.57. The Morgan fingerprint density at radius 1 is 1.11 bits per heavy atom. The number of benzene rings is 1. The second kappa shape index (κ2) is 4.98. The number of nitrogens with zero attached hydrogens (tertiary/aromatic N) is 1. The second-order valence-electron chi connectivity index (χ2n) is 4.23. The quantitative estimate of drug-likeness (QED) is 0.849. The molecular weight excluding hydrogens is 294 g/mol. The van der Waals surface area contributed by atoms with E-state index in [1.54, 1.807) is 19.3 Å². The lowest BCUT2D eigenvalue weighted by Gasteiger charge is -2.12. The predicted octanol–water partition coefficient (Wildman–Crippen LogP) is 3.56. The van der Waals surface area contributed by atoms with Gasteiger partial charge in [0.2, 0.25) is 5.75 Å². The molecule has 0 aliphatic heterocycles. The number of aromatic nitrogens is 1. The highest BCUT2D eigenvalue weighted by Crippen LogP contribution is 2.30. The van der Waals surface area contributed by atoms with E-state index in [4.69, 9.17) is 4.74 Å². The molecule has 1 aromatic heterocycles. The molecule has 3 nitrogen and oxygen atoms in total. The molecule has 0 unspecified atom stereocenters. The topological polar surface area (TPSA) is 31.2 Å². The van der Waals surface area contributed by atoms with Crippen molar-refractivity contribution >= 4 is 15.9 Å². The first-order chi connectivity index (χ1) is 8.50. The molecule has 0 radical (unpaired) electrons. The maximum atomic E-state index is 12.0. The molecule has 0 amide bonds. The number of para-hydroxylation sites is 1. The summed E-state index contributed by atoms with van der Waals surface area (Å²) in [5.74, 6) is 1.05. The summed E-state index contributed by atoms with van der Waals surface area (Å²) in [4.78, 5) is 12.0. The van der Waals surface area contributed by atoms with Crippen molar-refractivity contribution in [3.63, 3.8) is 0 Å². The van der Waals surface area contributed by atoms with Crippen molar-refractivity contribution in [3.8, 4) is 11.5 Å². The third-order valence-electron chi connectivity index (χ3n) is 2.79. The fraction of sp³-hybridized carbons (Fsp3) is 0.214. The molecule has 0 bridgehead atoms. The van der Waals surface area contributed by atoms with E-state index < -0.39 is 0 Å².